The van der Waals surface area contributed by atoms with Crippen molar-refractivity contribution in [2.75, 3.05) is 42.9 Å². The van der Waals surface area contributed by atoms with Crippen LogP contribution in [0.2, 0.25) is 0 Å². The second kappa shape index (κ2) is 10.6. The standard InChI is InChI=1S/C22H30F2N6O2/c1-3-30(10-16-5-4-14(2)8-17(16)23)22-20(24)21(27-13-28-22)26-9-15-6-7-29(11-18(15)31)12-19(25)32/h4-5,8,13,15,18,31H,3,6-7,9-12H2,1-2H3,(H2,25,32)(H,26,27,28)/t15-,18+/m1/s1. The molecule has 174 valence electrons. The predicted molar refractivity (Wildman–Crippen MR) is 118 cm³/mol. The smallest absolute Gasteiger partial charge is 0.231 e. The molecule has 8 nitrogen and oxygen atoms in total. The van der Waals surface area contributed by atoms with Crippen LogP contribution in [0.1, 0.15) is 24.5 Å². The Kier molecular flexibility index (Phi) is 7.92. The summed E-state index contributed by atoms with van der Waals surface area (Å²) in [5, 5.41) is 13.4. The minimum atomic E-state index is -0.670. The molecule has 1 saturated heterocycles. The van der Waals surface area contributed by atoms with E-state index in [2.05, 4.69) is 15.3 Å². The molecule has 1 aromatic carbocycles. The van der Waals surface area contributed by atoms with Crippen molar-refractivity contribution < 1.29 is 18.7 Å². The summed E-state index contributed by atoms with van der Waals surface area (Å²) in [7, 11) is 0. The Hall–Kier alpha value is -2.85. The van der Waals surface area contributed by atoms with Crippen LogP contribution in [0, 0.1) is 24.5 Å². The van der Waals surface area contributed by atoms with E-state index in [9.17, 15) is 14.3 Å². The van der Waals surface area contributed by atoms with Crippen LogP contribution < -0.4 is 16.0 Å². The minimum Gasteiger partial charge on any atom is -0.391 e. The van der Waals surface area contributed by atoms with E-state index in [0.717, 1.165) is 5.56 Å². The zero-order chi connectivity index (χ0) is 23.3. The van der Waals surface area contributed by atoms with Crippen molar-refractivity contribution in [1.82, 2.24) is 14.9 Å². The molecule has 0 saturated carbocycles. The number of piperidine rings is 1. The van der Waals surface area contributed by atoms with Gasteiger partial charge in [0, 0.05) is 37.7 Å². The van der Waals surface area contributed by atoms with Gasteiger partial charge >= 0.3 is 0 Å². The van der Waals surface area contributed by atoms with Gasteiger partial charge in [-0.1, -0.05) is 12.1 Å². The number of aliphatic hydroxyl groups excluding tert-OH is 1. The van der Waals surface area contributed by atoms with E-state index in [1.165, 1.54) is 12.4 Å². The molecular formula is C22H30F2N6O2. The number of nitrogens with two attached hydrogens (primary N) is 1. The monoisotopic (exact) mass is 448 g/mol. The summed E-state index contributed by atoms with van der Waals surface area (Å²) in [5.41, 5.74) is 6.48. The number of aromatic nitrogens is 2. The highest BCUT2D eigenvalue weighted by molar-refractivity contribution is 5.75. The number of primary amides is 1. The van der Waals surface area contributed by atoms with Crippen LogP contribution >= 0.6 is 0 Å². The summed E-state index contributed by atoms with van der Waals surface area (Å²) in [6, 6.07) is 4.96. The van der Waals surface area contributed by atoms with Gasteiger partial charge < -0.3 is 21.1 Å². The third-order valence-corrected chi connectivity index (χ3v) is 5.74. The van der Waals surface area contributed by atoms with E-state index >= 15 is 4.39 Å². The molecular weight excluding hydrogens is 418 g/mol. The maximum Gasteiger partial charge on any atom is 0.231 e. The molecule has 10 heteroatoms. The fraction of sp³-hybridized carbons (Fsp3) is 0.500. The lowest BCUT2D eigenvalue weighted by atomic mass is 9.93. The number of hydrogen-bond donors (Lipinski definition) is 3. The lowest BCUT2D eigenvalue weighted by molar-refractivity contribution is -0.120. The van der Waals surface area contributed by atoms with Gasteiger partial charge in [0.05, 0.1) is 12.6 Å². The highest BCUT2D eigenvalue weighted by Crippen LogP contribution is 2.25. The van der Waals surface area contributed by atoms with Crippen LogP contribution in [0.3, 0.4) is 0 Å². The zero-order valence-corrected chi connectivity index (χ0v) is 18.4. The molecule has 0 radical (unpaired) electrons. The van der Waals surface area contributed by atoms with Gasteiger partial charge in [0.2, 0.25) is 11.7 Å². The molecule has 2 heterocycles. The number of carbonyl (C=O) groups is 1. The van der Waals surface area contributed by atoms with Crippen molar-refractivity contribution in [3.05, 3.63) is 47.3 Å². The third kappa shape index (κ3) is 5.89. The van der Waals surface area contributed by atoms with Crippen LogP contribution in [0.25, 0.3) is 0 Å². The summed E-state index contributed by atoms with van der Waals surface area (Å²) >= 11 is 0. The number of aliphatic hydroxyl groups is 1. The first-order valence-corrected chi connectivity index (χ1v) is 10.7. The van der Waals surface area contributed by atoms with Crippen LogP contribution in [0.15, 0.2) is 24.5 Å². The summed E-state index contributed by atoms with van der Waals surface area (Å²) in [6.07, 6.45) is 1.23. The SMILES string of the molecule is CCN(Cc1ccc(C)cc1F)c1ncnc(NC[C@H]2CCN(CC(N)=O)C[C@@H]2O)c1F. The maximum absolute atomic E-state index is 15.2. The fourth-order valence-electron chi connectivity index (χ4n) is 3.90. The molecule has 0 aliphatic carbocycles. The van der Waals surface area contributed by atoms with E-state index in [0.29, 0.717) is 38.2 Å². The number of anilines is 2. The average Bonchev–Trinajstić information content (AvgIpc) is 2.73. The van der Waals surface area contributed by atoms with E-state index < -0.39 is 17.8 Å². The number of amides is 1. The van der Waals surface area contributed by atoms with Crippen LogP contribution in [0.4, 0.5) is 20.4 Å². The summed E-state index contributed by atoms with van der Waals surface area (Å²) in [4.78, 5) is 22.6. The first-order chi connectivity index (χ1) is 15.3. The molecule has 1 aliphatic rings. The molecule has 1 aliphatic heterocycles. The molecule has 1 fully saturated rings. The van der Waals surface area contributed by atoms with E-state index in [4.69, 9.17) is 5.73 Å². The van der Waals surface area contributed by atoms with Gasteiger partial charge in [-0.15, -0.1) is 0 Å². The Bertz CT molecular complexity index is 945. The van der Waals surface area contributed by atoms with Crippen molar-refractivity contribution in [3.63, 3.8) is 0 Å². The second-order valence-electron chi connectivity index (χ2n) is 8.17. The van der Waals surface area contributed by atoms with E-state index in [-0.39, 0.29) is 36.5 Å². The molecule has 32 heavy (non-hydrogen) atoms. The van der Waals surface area contributed by atoms with Gasteiger partial charge in [-0.25, -0.2) is 14.4 Å². The third-order valence-electron chi connectivity index (χ3n) is 5.74. The molecule has 4 N–H and O–H groups in total. The van der Waals surface area contributed by atoms with Gasteiger partial charge in [-0.2, -0.15) is 4.39 Å². The molecule has 2 aromatic rings. The van der Waals surface area contributed by atoms with E-state index in [1.54, 1.807) is 15.9 Å². The topological polar surface area (TPSA) is 108 Å². The number of nitrogens with one attached hydrogen (secondary N) is 1. The summed E-state index contributed by atoms with van der Waals surface area (Å²) in [6.45, 7) is 5.63. The Morgan fingerprint density at radius 2 is 2.16 bits per heavy atom. The molecule has 1 amide bonds. The highest BCUT2D eigenvalue weighted by atomic mass is 19.1. The number of nitrogens with zero attached hydrogens (tertiary/aromatic N) is 4. The van der Waals surface area contributed by atoms with Crippen molar-refractivity contribution in [2.24, 2.45) is 11.7 Å². The van der Waals surface area contributed by atoms with Crippen LogP contribution in [-0.4, -0.2) is 64.7 Å². The zero-order valence-electron chi connectivity index (χ0n) is 18.4. The number of hydrogen-bond acceptors (Lipinski definition) is 7. The predicted octanol–water partition coefficient (Wildman–Crippen LogP) is 1.67. The number of halogens is 2. The quantitative estimate of drug-likeness (QED) is 0.536. The highest BCUT2D eigenvalue weighted by Gasteiger charge is 2.28. The summed E-state index contributed by atoms with van der Waals surface area (Å²) in [5.74, 6) is -1.40. The van der Waals surface area contributed by atoms with Gasteiger partial charge in [0.25, 0.3) is 0 Å². The Labute approximate surface area is 186 Å². The Balaban J connectivity index is 1.66. The van der Waals surface area contributed by atoms with E-state index in [1.807, 2.05) is 19.9 Å². The number of carbonyl (C=O) groups excluding carboxylic acids is 1. The Morgan fingerprint density at radius 3 is 2.81 bits per heavy atom. The number of benzene rings is 1. The number of β-amino-alcohol motifs (C(OH)–C–C–N with tert-alkyl or cyclic N) is 1. The molecule has 0 spiro atoms. The normalized spacial score (nSPS) is 19.0. The number of rotatable bonds is 9. The van der Waals surface area contributed by atoms with Gasteiger partial charge in [0.1, 0.15) is 12.1 Å². The first-order valence-electron chi connectivity index (χ1n) is 10.7. The average molecular weight is 449 g/mol. The first kappa shape index (κ1) is 23.8. The van der Waals surface area contributed by atoms with Crippen molar-refractivity contribution in [3.8, 4) is 0 Å². The number of likely N-dealkylation sites (tertiary alicyclic amines) is 1. The molecule has 3 rings (SSSR count). The van der Waals surface area contributed by atoms with Crippen molar-refractivity contribution >= 4 is 17.5 Å². The van der Waals surface area contributed by atoms with Gasteiger partial charge in [-0.05, 0) is 38.4 Å². The lowest BCUT2D eigenvalue weighted by Crippen LogP contribution is -2.48. The molecule has 0 bridgehead atoms. The van der Waals surface area contributed by atoms with Crippen molar-refractivity contribution in [2.45, 2.75) is 32.9 Å². The van der Waals surface area contributed by atoms with Gasteiger partial charge in [-0.3, -0.25) is 9.69 Å². The van der Waals surface area contributed by atoms with Crippen LogP contribution in [0.5, 0.6) is 0 Å². The number of aryl methyl sites for hydroxylation is 1. The summed E-state index contributed by atoms with van der Waals surface area (Å²) < 4.78 is 29.5. The fourth-order valence-corrected chi connectivity index (χ4v) is 3.90. The molecule has 1 aromatic heterocycles. The molecule has 0 unspecified atom stereocenters. The minimum absolute atomic E-state index is 0.0320. The largest absolute Gasteiger partial charge is 0.391 e. The maximum atomic E-state index is 15.2. The molecule has 2 atom stereocenters. The van der Waals surface area contributed by atoms with Gasteiger partial charge in [0.15, 0.2) is 11.6 Å². The second-order valence-corrected chi connectivity index (χ2v) is 8.17. The Morgan fingerprint density at radius 1 is 1.38 bits per heavy atom. The van der Waals surface area contributed by atoms with Crippen LogP contribution in [-0.2, 0) is 11.3 Å². The van der Waals surface area contributed by atoms with Crippen molar-refractivity contribution in [1.29, 1.82) is 0 Å². The lowest BCUT2D eigenvalue weighted by Gasteiger charge is -2.35.